The maximum Gasteiger partial charge on any atom is 0.153 e. The monoisotopic (exact) mass is 219 g/mol. The third-order valence-corrected chi connectivity index (χ3v) is 2.22. The molecule has 80 valence electrons. The van der Waals surface area contributed by atoms with E-state index in [-0.39, 0.29) is 16.7 Å². The number of rotatable bonds is 2. The topological polar surface area (TPSA) is 30.0 Å². The predicted octanol–water partition coefficient (Wildman–Crippen LogP) is 2.84. The Morgan fingerprint density at radius 3 is 2.62 bits per heavy atom. The Morgan fingerprint density at radius 2 is 1.94 bits per heavy atom. The molecule has 0 aliphatic carbocycles. The molecule has 0 radical (unpaired) electrons. The summed E-state index contributed by atoms with van der Waals surface area (Å²) in [4.78, 5) is 14.1. The number of hydrogen-bond acceptors (Lipinski definition) is 2. The van der Waals surface area contributed by atoms with Gasteiger partial charge in [0.1, 0.15) is 11.6 Å². The molecule has 2 nitrogen and oxygen atoms in total. The standard InChI is InChI=1S/C12H7F2NO/c13-11-6-15-5-4-9(11)10-3-1-2-8(7-16)12(10)14/h1-7H. The second kappa shape index (κ2) is 4.18. The molecule has 0 bridgehead atoms. The molecule has 1 aromatic heterocycles. The lowest BCUT2D eigenvalue weighted by molar-refractivity contribution is 0.112. The first-order valence-electron chi connectivity index (χ1n) is 4.57. The van der Waals surface area contributed by atoms with Crippen molar-refractivity contribution in [3.63, 3.8) is 0 Å². The van der Waals surface area contributed by atoms with Gasteiger partial charge in [0.2, 0.25) is 0 Å². The fourth-order valence-electron chi connectivity index (χ4n) is 1.44. The number of carbonyl (C=O) groups is 1. The summed E-state index contributed by atoms with van der Waals surface area (Å²) in [6.07, 6.45) is 2.77. The molecule has 2 aromatic rings. The average Bonchev–Trinajstić information content (AvgIpc) is 2.31. The van der Waals surface area contributed by atoms with Gasteiger partial charge in [0.25, 0.3) is 0 Å². The summed E-state index contributed by atoms with van der Waals surface area (Å²) in [5.41, 5.74) is 0.0643. The van der Waals surface area contributed by atoms with E-state index in [0.29, 0.717) is 6.29 Å². The van der Waals surface area contributed by atoms with Crippen LogP contribution in [0.3, 0.4) is 0 Å². The van der Waals surface area contributed by atoms with Crippen LogP contribution in [-0.4, -0.2) is 11.3 Å². The van der Waals surface area contributed by atoms with Crippen molar-refractivity contribution in [2.24, 2.45) is 0 Å². The van der Waals surface area contributed by atoms with E-state index in [1.165, 1.54) is 30.5 Å². The fraction of sp³-hybridized carbons (Fsp3) is 0. The molecule has 0 aliphatic rings. The van der Waals surface area contributed by atoms with Crippen molar-refractivity contribution in [2.75, 3.05) is 0 Å². The van der Waals surface area contributed by atoms with Gasteiger partial charge in [0.05, 0.1) is 11.8 Å². The minimum atomic E-state index is -0.720. The van der Waals surface area contributed by atoms with Crippen LogP contribution >= 0.6 is 0 Å². The fourth-order valence-corrected chi connectivity index (χ4v) is 1.44. The lowest BCUT2D eigenvalue weighted by Crippen LogP contribution is -1.94. The molecule has 0 spiro atoms. The summed E-state index contributed by atoms with van der Waals surface area (Å²) >= 11 is 0. The molecule has 4 heteroatoms. The Labute approximate surface area is 90.6 Å². The van der Waals surface area contributed by atoms with Crippen LogP contribution < -0.4 is 0 Å². The van der Waals surface area contributed by atoms with Crippen LogP contribution in [0.4, 0.5) is 8.78 Å². The van der Waals surface area contributed by atoms with E-state index in [0.717, 1.165) is 6.20 Å². The third kappa shape index (κ3) is 1.69. The van der Waals surface area contributed by atoms with Gasteiger partial charge in [0.15, 0.2) is 6.29 Å². The Kier molecular flexibility index (Phi) is 2.72. The largest absolute Gasteiger partial charge is 0.298 e. The van der Waals surface area contributed by atoms with Gasteiger partial charge in [-0.25, -0.2) is 8.78 Å². The molecule has 16 heavy (non-hydrogen) atoms. The lowest BCUT2D eigenvalue weighted by Gasteiger charge is -2.05. The number of pyridine rings is 1. The van der Waals surface area contributed by atoms with E-state index in [9.17, 15) is 13.6 Å². The molecular weight excluding hydrogens is 212 g/mol. The molecule has 0 saturated carbocycles. The van der Waals surface area contributed by atoms with Crippen LogP contribution in [0.25, 0.3) is 11.1 Å². The van der Waals surface area contributed by atoms with E-state index in [1.54, 1.807) is 0 Å². The van der Waals surface area contributed by atoms with E-state index in [4.69, 9.17) is 0 Å². The zero-order chi connectivity index (χ0) is 11.5. The molecule has 1 heterocycles. The number of carbonyl (C=O) groups excluding carboxylic acids is 1. The highest BCUT2D eigenvalue weighted by Crippen LogP contribution is 2.25. The highest BCUT2D eigenvalue weighted by Gasteiger charge is 2.12. The number of benzene rings is 1. The van der Waals surface area contributed by atoms with Gasteiger partial charge in [-0.15, -0.1) is 0 Å². The van der Waals surface area contributed by atoms with Crippen molar-refractivity contribution in [1.29, 1.82) is 0 Å². The highest BCUT2D eigenvalue weighted by molar-refractivity contribution is 5.79. The third-order valence-electron chi connectivity index (χ3n) is 2.22. The van der Waals surface area contributed by atoms with Gasteiger partial charge >= 0.3 is 0 Å². The van der Waals surface area contributed by atoms with Crippen molar-refractivity contribution in [3.05, 3.63) is 53.9 Å². The smallest absolute Gasteiger partial charge is 0.153 e. The molecular formula is C12H7F2NO. The number of halogens is 2. The lowest BCUT2D eigenvalue weighted by atomic mass is 10.0. The average molecular weight is 219 g/mol. The second-order valence-corrected chi connectivity index (χ2v) is 3.18. The molecule has 0 amide bonds. The van der Waals surface area contributed by atoms with Gasteiger partial charge < -0.3 is 0 Å². The van der Waals surface area contributed by atoms with Crippen molar-refractivity contribution in [3.8, 4) is 11.1 Å². The maximum atomic E-state index is 13.7. The first-order chi connectivity index (χ1) is 7.74. The molecule has 0 atom stereocenters. The number of aromatic nitrogens is 1. The first-order valence-corrected chi connectivity index (χ1v) is 4.57. The van der Waals surface area contributed by atoms with Gasteiger partial charge in [-0.2, -0.15) is 0 Å². The summed E-state index contributed by atoms with van der Waals surface area (Å²) < 4.78 is 27.1. The Hall–Kier alpha value is -2.10. The van der Waals surface area contributed by atoms with E-state index < -0.39 is 11.6 Å². The van der Waals surface area contributed by atoms with E-state index in [1.807, 2.05) is 0 Å². The van der Waals surface area contributed by atoms with Crippen molar-refractivity contribution in [2.45, 2.75) is 0 Å². The zero-order valence-corrected chi connectivity index (χ0v) is 8.15. The summed E-state index contributed by atoms with van der Waals surface area (Å²) in [7, 11) is 0. The number of hydrogen-bond donors (Lipinski definition) is 0. The van der Waals surface area contributed by atoms with Crippen LogP contribution in [-0.2, 0) is 0 Å². The zero-order valence-electron chi connectivity index (χ0n) is 8.15. The quantitative estimate of drug-likeness (QED) is 0.727. The highest BCUT2D eigenvalue weighted by atomic mass is 19.1. The van der Waals surface area contributed by atoms with Crippen LogP contribution in [0.1, 0.15) is 10.4 Å². The summed E-state index contributed by atoms with van der Waals surface area (Å²) in [6, 6.07) is 5.62. The summed E-state index contributed by atoms with van der Waals surface area (Å²) in [5, 5.41) is 0. The van der Waals surface area contributed by atoms with Crippen LogP contribution in [0.15, 0.2) is 36.7 Å². The van der Waals surface area contributed by atoms with Crippen LogP contribution in [0.5, 0.6) is 0 Å². The minimum Gasteiger partial charge on any atom is -0.298 e. The normalized spacial score (nSPS) is 10.1. The van der Waals surface area contributed by atoms with Gasteiger partial charge in [-0.1, -0.05) is 12.1 Å². The van der Waals surface area contributed by atoms with Crippen molar-refractivity contribution < 1.29 is 13.6 Å². The van der Waals surface area contributed by atoms with E-state index in [2.05, 4.69) is 4.98 Å². The maximum absolute atomic E-state index is 13.7. The number of nitrogens with zero attached hydrogens (tertiary/aromatic N) is 1. The molecule has 0 aliphatic heterocycles. The van der Waals surface area contributed by atoms with Gasteiger partial charge in [-0.3, -0.25) is 9.78 Å². The molecule has 0 saturated heterocycles. The molecule has 0 unspecified atom stereocenters. The first kappa shape index (κ1) is 10.4. The Morgan fingerprint density at radius 1 is 1.12 bits per heavy atom. The van der Waals surface area contributed by atoms with Crippen LogP contribution in [0, 0.1) is 11.6 Å². The predicted molar refractivity (Wildman–Crippen MR) is 55.0 cm³/mol. The van der Waals surface area contributed by atoms with Gasteiger partial charge in [-0.05, 0) is 12.1 Å². The summed E-state index contributed by atoms with van der Waals surface area (Å²) in [5.74, 6) is -1.34. The van der Waals surface area contributed by atoms with Gasteiger partial charge in [0, 0.05) is 17.3 Å². The molecule has 0 fully saturated rings. The van der Waals surface area contributed by atoms with Crippen molar-refractivity contribution >= 4 is 6.29 Å². The molecule has 2 rings (SSSR count). The SMILES string of the molecule is O=Cc1cccc(-c2ccncc2F)c1F. The van der Waals surface area contributed by atoms with Crippen molar-refractivity contribution in [1.82, 2.24) is 4.98 Å². The molecule has 0 N–H and O–H groups in total. The summed E-state index contributed by atoms with van der Waals surface area (Å²) in [6.45, 7) is 0. The molecule has 1 aromatic carbocycles. The minimum absolute atomic E-state index is 0.0597. The second-order valence-electron chi connectivity index (χ2n) is 3.18. The Bertz CT molecular complexity index is 540. The Balaban J connectivity index is 2.65. The number of aldehydes is 1. The van der Waals surface area contributed by atoms with Crippen LogP contribution in [0.2, 0.25) is 0 Å². The van der Waals surface area contributed by atoms with E-state index >= 15 is 0 Å².